The van der Waals surface area contributed by atoms with E-state index in [4.69, 9.17) is 26.5 Å². The first kappa shape index (κ1) is 29.5. The van der Waals surface area contributed by atoms with Gasteiger partial charge in [-0.25, -0.2) is 18.5 Å². The lowest BCUT2D eigenvalue weighted by Crippen LogP contribution is -2.40. The summed E-state index contributed by atoms with van der Waals surface area (Å²) in [6.07, 6.45) is -0.537. The average Bonchev–Trinajstić information content (AvgIpc) is 3.31. The maximum absolute atomic E-state index is 13.0. The number of sulfonamides is 1. The first-order valence-electron chi connectivity index (χ1n) is 11.9. The molecular weight excluding hydrogens is 572 g/mol. The van der Waals surface area contributed by atoms with Crippen LogP contribution in [-0.4, -0.2) is 80.5 Å². The highest BCUT2D eigenvalue weighted by Crippen LogP contribution is 2.43. The lowest BCUT2D eigenvalue weighted by Gasteiger charge is -2.19. The fourth-order valence-corrected chi connectivity index (χ4v) is 4.78. The van der Waals surface area contributed by atoms with Crippen LogP contribution in [0, 0.1) is 5.41 Å². The molecule has 0 aliphatic heterocycles. The quantitative estimate of drug-likeness (QED) is 0.0935. The number of carbonyl (C=O) groups is 3. The van der Waals surface area contributed by atoms with Crippen molar-refractivity contribution in [3.63, 3.8) is 0 Å². The molecule has 16 heteroatoms. The van der Waals surface area contributed by atoms with Crippen LogP contribution in [-0.2, 0) is 30.8 Å². The van der Waals surface area contributed by atoms with E-state index >= 15 is 0 Å². The molecular formula is C26H24N6O9S. The van der Waals surface area contributed by atoms with Crippen molar-refractivity contribution in [2.45, 2.75) is 11.3 Å². The Kier molecular flexibility index (Phi) is 7.86. The summed E-state index contributed by atoms with van der Waals surface area (Å²) in [6, 6.07) is 10.4. The number of carboxylic acids is 2. The SMILES string of the molecule is N=C(N)c1ccc2[nH]c(-c3cc(CC(=O)N(CC(=O)O)CC(=O)O)cc(-c4cc(S(N)(=O)=O)ccc4O)c3O)nc2c1. The number of amidine groups is 1. The monoisotopic (exact) mass is 596 g/mol. The molecule has 0 radical (unpaired) electrons. The van der Waals surface area contributed by atoms with Gasteiger partial charge < -0.3 is 36.0 Å². The van der Waals surface area contributed by atoms with Crippen LogP contribution in [0.2, 0.25) is 0 Å². The minimum atomic E-state index is -4.23. The number of nitrogens with two attached hydrogens (primary N) is 2. The molecule has 4 aromatic rings. The van der Waals surface area contributed by atoms with Gasteiger partial charge in [-0.05, 0) is 54.1 Å². The summed E-state index contributed by atoms with van der Waals surface area (Å²) in [4.78, 5) is 43.1. The summed E-state index contributed by atoms with van der Waals surface area (Å²) < 4.78 is 24.0. The van der Waals surface area contributed by atoms with Crippen LogP contribution >= 0.6 is 0 Å². The Balaban J connectivity index is 1.92. The number of rotatable bonds is 10. The minimum absolute atomic E-state index is 0.000646. The number of nitrogen functional groups attached to an aromatic ring is 1. The predicted molar refractivity (Wildman–Crippen MR) is 148 cm³/mol. The summed E-state index contributed by atoms with van der Waals surface area (Å²) in [5.41, 5.74) is 6.63. The van der Waals surface area contributed by atoms with Crippen molar-refractivity contribution in [2.24, 2.45) is 10.9 Å². The summed E-state index contributed by atoms with van der Waals surface area (Å²) in [5.74, 6) is -4.80. The number of carbonyl (C=O) groups excluding carboxylic acids is 1. The Morgan fingerprint density at radius 1 is 0.929 bits per heavy atom. The van der Waals surface area contributed by atoms with Gasteiger partial charge in [-0.1, -0.05) is 0 Å². The fourth-order valence-electron chi connectivity index (χ4n) is 4.24. The van der Waals surface area contributed by atoms with Gasteiger partial charge in [0, 0.05) is 16.7 Å². The van der Waals surface area contributed by atoms with Crippen LogP contribution in [0.1, 0.15) is 11.1 Å². The number of amides is 1. The number of aromatic nitrogens is 2. The van der Waals surface area contributed by atoms with Gasteiger partial charge in [-0.15, -0.1) is 0 Å². The summed E-state index contributed by atoms with van der Waals surface area (Å²) in [6.45, 7) is -1.77. The van der Waals surface area contributed by atoms with E-state index in [1.165, 1.54) is 18.2 Å². The number of nitrogens with zero attached hydrogens (tertiary/aromatic N) is 2. The number of nitrogens with one attached hydrogen (secondary N) is 2. The molecule has 1 aromatic heterocycles. The third kappa shape index (κ3) is 6.29. The summed E-state index contributed by atoms with van der Waals surface area (Å²) >= 11 is 0. The third-order valence-corrected chi connectivity index (χ3v) is 7.08. The molecule has 4 rings (SSSR count). The standard InChI is InChI=1S/C26H24N6O9S/c27-25(28)13-1-3-18-19(8-13)31-26(30-18)17-6-12(7-21(34)32(10-22(35)36)11-23(37)38)5-16(24(17)39)15-9-14(42(29,40)41)2-4-20(15)33/h1-6,8-9,33,39H,7,10-11H2,(H3,27,28)(H,30,31)(H,35,36)(H,37,38)(H2,29,40,41). The van der Waals surface area contributed by atoms with Gasteiger partial charge in [0.1, 0.15) is 36.2 Å². The second-order valence-electron chi connectivity index (χ2n) is 9.21. The van der Waals surface area contributed by atoms with Crippen LogP contribution in [0.4, 0.5) is 0 Å². The number of aromatic amines is 1. The van der Waals surface area contributed by atoms with Gasteiger partial charge in [0.25, 0.3) is 0 Å². The predicted octanol–water partition coefficient (Wildman–Crippen LogP) is 0.780. The van der Waals surface area contributed by atoms with E-state index in [9.17, 15) is 33.0 Å². The van der Waals surface area contributed by atoms with Gasteiger partial charge in [-0.3, -0.25) is 19.8 Å². The molecule has 42 heavy (non-hydrogen) atoms. The molecule has 0 bridgehead atoms. The van der Waals surface area contributed by atoms with Crippen molar-refractivity contribution < 1.29 is 43.2 Å². The molecule has 0 unspecified atom stereocenters. The van der Waals surface area contributed by atoms with Crippen LogP contribution in [0.25, 0.3) is 33.5 Å². The molecule has 0 aliphatic carbocycles. The molecule has 1 heterocycles. The van der Waals surface area contributed by atoms with E-state index in [2.05, 4.69) is 9.97 Å². The molecule has 15 nitrogen and oxygen atoms in total. The van der Waals surface area contributed by atoms with Crippen molar-refractivity contribution >= 4 is 44.7 Å². The number of benzene rings is 3. The number of carboxylic acid groups (broad SMARTS) is 2. The topological polar surface area (TPSA) is 274 Å². The Bertz CT molecular complexity index is 1870. The van der Waals surface area contributed by atoms with Crippen molar-refractivity contribution in [3.8, 4) is 34.0 Å². The number of hydrogen-bond donors (Lipinski definition) is 8. The van der Waals surface area contributed by atoms with Gasteiger partial charge in [-0.2, -0.15) is 0 Å². The van der Waals surface area contributed by atoms with Crippen LogP contribution < -0.4 is 10.9 Å². The number of phenolic OH excluding ortho intramolecular Hbond substituents is 2. The molecule has 0 saturated carbocycles. The summed E-state index contributed by atoms with van der Waals surface area (Å²) in [5, 5.41) is 53.1. The van der Waals surface area contributed by atoms with Crippen LogP contribution in [0.3, 0.4) is 0 Å². The maximum atomic E-state index is 13.0. The van der Waals surface area contributed by atoms with Gasteiger partial charge in [0.05, 0.1) is 27.9 Å². The lowest BCUT2D eigenvalue weighted by atomic mass is 9.95. The van der Waals surface area contributed by atoms with Crippen LogP contribution in [0.15, 0.2) is 53.4 Å². The molecule has 0 fully saturated rings. The molecule has 1 amide bonds. The Labute approximate surface area is 237 Å². The molecule has 0 spiro atoms. The number of hydrogen-bond acceptors (Lipinski definition) is 9. The number of fused-ring (bicyclic) bond motifs is 1. The Morgan fingerprint density at radius 2 is 1.57 bits per heavy atom. The van der Waals surface area contributed by atoms with E-state index in [-0.39, 0.29) is 38.8 Å². The number of H-pyrrole nitrogens is 1. The smallest absolute Gasteiger partial charge is 0.323 e. The Hall–Kier alpha value is -5.48. The summed E-state index contributed by atoms with van der Waals surface area (Å²) in [7, 11) is -4.23. The van der Waals surface area contributed by atoms with Gasteiger partial charge >= 0.3 is 11.9 Å². The molecule has 10 N–H and O–H groups in total. The number of primary sulfonamides is 1. The highest BCUT2D eigenvalue weighted by molar-refractivity contribution is 7.89. The zero-order valence-corrected chi connectivity index (χ0v) is 22.3. The Morgan fingerprint density at radius 3 is 2.17 bits per heavy atom. The largest absolute Gasteiger partial charge is 0.507 e. The van der Waals surface area contributed by atoms with Gasteiger partial charge in [0.2, 0.25) is 15.9 Å². The minimum Gasteiger partial charge on any atom is -0.507 e. The van der Waals surface area contributed by atoms with E-state index in [0.29, 0.717) is 21.5 Å². The lowest BCUT2D eigenvalue weighted by molar-refractivity contribution is -0.149. The van der Waals surface area contributed by atoms with Gasteiger partial charge in [0.15, 0.2) is 0 Å². The van der Waals surface area contributed by atoms with Crippen molar-refractivity contribution in [3.05, 3.63) is 59.7 Å². The first-order chi connectivity index (χ1) is 19.6. The maximum Gasteiger partial charge on any atom is 0.323 e. The zero-order valence-electron chi connectivity index (χ0n) is 21.5. The number of phenols is 2. The molecule has 3 aromatic carbocycles. The number of imidazole rings is 1. The highest BCUT2D eigenvalue weighted by Gasteiger charge is 2.24. The highest BCUT2D eigenvalue weighted by atomic mass is 32.2. The molecule has 0 aliphatic rings. The number of aromatic hydroxyl groups is 2. The van der Waals surface area contributed by atoms with E-state index in [1.807, 2.05) is 0 Å². The molecule has 0 saturated heterocycles. The van der Waals surface area contributed by atoms with Crippen molar-refractivity contribution in [1.29, 1.82) is 5.41 Å². The van der Waals surface area contributed by atoms with E-state index in [0.717, 1.165) is 18.2 Å². The number of aliphatic carboxylic acids is 2. The molecule has 218 valence electrons. The normalized spacial score (nSPS) is 11.4. The van der Waals surface area contributed by atoms with E-state index in [1.54, 1.807) is 12.1 Å². The fraction of sp³-hybridized carbons (Fsp3) is 0.115. The second kappa shape index (κ2) is 11.2. The van der Waals surface area contributed by atoms with Crippen molar-refractivity contribution in [2.75, 3.05) is 13.1 Å². The zero-order chi connectivity index (χ0) is 30.9. The van der Waals surface area contributed by atoms with Crippen molar-refractivity contribution in [1.82, 2.24) is 14.9 Å². The third-order valence-electron chi connectivity index (χ3n) is 6.17. The second-order valence-corrected chi connectivity index (χ2v) is 10.8. The van der Waals surface area contributed by atoms with Crippen LogP contribution in [0.5, 0.6) is 11.5 Å². The average molecular weight is 597 g/mol. The molecule has 0 atom stereocenters. The first-order valence-corrected chi connectivity index (χ1v) is 13.5. The van der Waals surface area contributed by atoms with E-state index < -0.39 is 58.9 Å².